The summed E-state index contributed by atoms with van der Waals surface area (Å²) in [4.78, 5) is 26.5. The minimum absolute atomic E-state index is 0.0402. The molecule has 108 valence electrons. The van der Waals surface area contributed by atoms with E-state index in [9.17, 15) is 14.9 Å². The van der Waals surface area contributed by atoms with E-state index in [4.69, 9.17) is 5.84 Å². The highest BCUT2D eigenvalue weighted by atomic mass is 16.6. The van der Waals surface area contributed by atoms with Gasteiger partial charge in [0.1, 0.15) is 5.69 Å². The molecule has 21 heavy (non-hydrogen) atoms. The highest BCUT2D eigenvalue weighted by Gasteiger charge is 2.21. The number of carbonyl (C=O) groups is 1. The van der Waals surface area contributed by atoms with Gasteiger partial charge in [-0.05, 0) is 24.6 Å². The minimum atomic E-state index is -0.610. The number of nitrogens with zero attached hydrogens (tertiary/aromatic N) is 2. The molecule has 1 amide bonds. The molecule has 0 saturated heterocycles. The fourth-order valence-electron chi connectivity index (χ4n) is 1.82. The van der Waals surface area contributed by atoms with Gasteiger partial charge in [0.05, 0.1) is 22.4 Å². The Kier molecular flexibility index (Phi) is 4.10. The number of hydrogen-bond donors (Lipinski definition) is 3. The van der Waals surface area contributed by atoms with Crippen molar-refractivity contribution >= 4 is 23.0 Å². The Morgan fingerprint density at radius 3 is 2.76 bits per heavy atom. The van der Waals surface area contributed by atoms with Gasteiger partial charge in [-0.25, -0.2) is 0 Å². The first kappa shape index (κ1) is 14.4. The van der Waals surface area contributed by atoms with Gasteiger partial charge in [0.2, 0.25) is 0 Å². The van der Waals surface area contributed by atoms with E-state index in [0.717, 1.165) is 5.56 Å². The van der Waals surface area contributed by atoms with Crippen LogP contribution in [0.25, 0.3) is 0 Å². The predicted molar refractivity (Wildman–Crippen MR) is 77.8 cm³/mol. The van der Waals surface area contributed by atoms with Crippen LogP contribution in [0.15, 0.2) is 36.7 Å². The van der Waals surface area contributed by atoms with Crippen molar-refractivity contribution in [3.05, 3.63) is 57.9 Å². The van der Waals surface area contributed by atoms with Crippen molar-refractivity contribution in [3.63, 3.8) is 0 Å². The minimum Gasteiger partial charge on any atom is -0.320 e. The maximum absolute atomic E-state index is 12.3. The Balaban J connectivity index is 2.38. The summed E-state index contributed by atoms with van der Waals surface area (Å²) in [5.74, 6) is 4.79. The third-order valence-electron chi connectivity index (χ3n) is 2.92. The first-order chi connectivity index (χ1) is 10.0. The van der Waals surface area contributed by atoms with Gasteiger partial charge in [0.15, 0.2) is 0 Å². The van der Waals surface area contributed by atoms with Gasteiger partial charge in [-0.3, -0.25) is 25.7 Å². The summed E-state index contributed by atoms with van der Waals surface area (Å²) in [5, 5.41) is 13.6. The quantitative estimate of drug-likeness (QED) is 0.448. The maximum atomic E-state index is 12.3. The second-order valence-corrected chi connectivity index (χ2v) is 4.25. The summed E-state index contributed by atoms with van der Waals surface area (Å²) in [5.41, 5.74) is 3.33. The summed E-state index contributed by atoms with van der Waals surface area (Å²) < 4.78 is 0. The molecule has 1 aromatic heterocycles. The number of anilines is 2. The maximum Gasteiger partial charge on any atom is 0.294 e. The molecule has 0 aliphatic carbocycles. The van der Waals surface area contributed by atoms with Crippen molar-refractivity contribution < 1.29 is 9.72 Å². The molecule has 0 aliphatic rings. The Labute approximate surface area is 120 Å². The first-order valence-electron chi connectivity index (χ1n) is 6.00. The fraction of sp³-hybridized carbons (Fsp3) is 0.0769. The third-order valence-corrected chi connectivity index (χ3v) is 2.92. The number of benzene rings is 1. The standard InChI is InChI=1S/C13H13N5O3/c1-8-5-6-15-7-10(8)16-13(19)9-3-2-4-11(18(20)21)12(9)17-14/h2-7,17H,14H2,1H3,(H,16,19). The molecule has 0 aliphatic heterocycles. The van der Waals surface area contributed by atoms with Gasteiger partial charge >= 0.3 is 0 Å². The number of hydrogen-bond acceptors (Lipinski definition) is 6. The number of nitro groups is 1. The molecule has 8 heteroatoms. The molecule has 0 saturated carbocycles. The van der Waals surface area contributed by atoms with E-state index in [1.165, 1.54) is 24.4 Å². The van der Waals surface area contributed by atoms with Crippen LogP contribution < -0.4 is 16.6 Å². The van der Waals surface area contributed by atoms with Crippen LogP contribution in [0.4, 0.5) is 17.1 Å². The van der Waals surface area contributed by atoms with Gasteiger partial charge in [0.25, 0.3) is 11.6 Å². The fourth-order valence-corrected chi connectivity index (χ4v) is 1.82. The van der Waals surface area contributed by atoms with E-state index in [-0.39, 0.29) is 16.9 Å². The number of nitrogen functional groups attached to an aromatic ring is 1. The van der Waals surface area contributed by atoms with Crippen molar-refractivity contribution in [2.24, 2.45) is 5.84 Å². The molecule has 4 N–H and O–H groups in total. The molecule has 8 nitrogen and oxygen atoms in total. The van der Waals surface area contributed by atoms with Crippen LogP contribution >= 0.6 is 0 Å². The van der Waals surface area contributed by atoms with Crippen molar-refractivity contribution in [1.82, 2.24) is 4.98 Å². The van der Waals surface area contributed by atoms with Crippen LogP contribution in [-0.4, -0.2) is 15.8 Å². The van der Waals surface area contributed by atoms with Crippen LogP contribution in [0.5, 0.6) is 0 Å². The van der Waals surface area contributed by atoms with E-state index in [1.54, 1.807) is 12.3 Å². The Morgan fingerprint density at radius 2 is 2.14 bits per heavy atom. The highest BCUT2D eigenvalue weighted by Crippen LogP contribution is 2.28. The second kappa shape index (κ2) is 5.97. The van der Waals surface area contributed by atoms with Crippen LogP contribution in [0.3, 0.4) is 0 Å². The van der Waals surface area contributed by atoms with Crippen molar-refractivity contribution in [3.8, 4) is 0 Å². The Bertz CT molecular complexity index is 702. The lowest BCUT2D eigenvalue weighted by atomic mass is 10.1. The van der Waals surface area contributed by atoms with Gasteiger partial charge in [-0.15, -0.1) is 0 Å². The van der Waals surface area contributed by atoms with Gasteiger partial charge in [-0.2, -0.15) is 0 Å². The molecule has 2 aromatic rings. The monoisotopic (exact) mass is 287 g/mol. The molecule has 2 rings (SSSR count). The number of para-hydroxylation sites is 1. The molecule has 0 fully saturated rings. The number of amides is 1. The molecule has 1 heterocycles. The number of rotatable bonds is 4. The van der Waals surface area contributed by atoms with Crippen molar-refractivity contribution in [1.29, 1.82) is 0 Å². The van der Waals surface area contributed by atoms with Gasteiger partial charge in [0, 0.05) is 12.3 Å². The lowest BCUT2D eigenvalue weighted by Crippen LogP contribution is -2.18. The number of nitrogens with one attached hydrogen (secondary N) is 2. The van der Waals surface area contributed by atoms with Crippen LogP contribution in [0.1, 0.15) is 15.9 Å². The predicted octanol–water partition coefficient (Wildman–Crippen LogP) is 1.84. The molecular weight excluding hydrogens is 274 g/mol. The molecule has 0 spiro atoms. The number of nitrogens with two attached hydrogens (primary N) is 1. The number of carbonyl (C=O) groups excluding carboxylic acids is 1. The van der Waals surface area contributed by atoms with Crippen LogP contribution in [0, 0.1) is 17.0 Å². The third kappa shape index (κ3) is 2.95. The number of aryl methyl sites for hydroxylation is 1. The molecule has 1 aromatic carbocycles. The molecule has 0 atom stereocenters. The number of aromatic nitrogens is 1. The van der Waals surface area contributed by atoms with E-state index >= 15 is 0 Å². The van der Waals surface area contributed by atoms with Gasteiger partial charge < -0.3 is 10.7 Å². The smallest absolute Gasteiger partial charge is 0.294 e. The summed E-state index contributed by atoms with van der Waals surface area (Å²) >= 11 is 0. The van der Waals surface area contributed by atoms with Crippen LogP contribution in [-0.2, 0) is 0 Å². The zero-order chi connectivity index (χ0) is 15.4. The Hall–Kier alpha value is -3.00. The summed E-state index contributed by atoms with van der Waals surface area (Å²) in [7, 11) is 0. The normalized spacial score (nSPS) is 10.0. The van der Waals surface area contributed by atoms with Crippen molar-refractivity contribution in [2.45, 2.75) is 6.92 Å². The van der Waals surface area contributed by atoms with E-state index in [2.05, 4.69) is 15.7 Å². The topological polar surface area (TPSA) is 123 Å². The Morgan fingerprint density at radius 1 is 1.38 bits per heavy atom. The molecule has 0 radical (unpaired) electrons. The largest absolute Gasteiger partial charge is 0.320 e. The zero-order valence-corrected chi connectivity index (χ0v) is 11.2. The number of nitro benzene ring substituents is 1. The summed E-state index contributed by atoms with van der Waals surface area (Å²) in [6.45, 7) is 1.81. The average Bonchev–Trinajstić information content (AvgIpc) is 2.48. The SMILES string of the molecule is Cc1ccncc1NC(=O)c1cccc([N+](=O)[O-])c1NN. The lowest BCUT2D eigenvalue weighted by Gasteiger charge is -2.11. The highest BCUT2D eigenvalue weighted by molar-refractivity contribution is 6.09. The second-order valence-electron chi connectivity index (χ2n) is 4.25. The zero-order valence-electron chi connectivity index (χ0n) is 11.2. The van der Waals surface area contributed by atoms with E-state index in [0.29, 0.717) is 5.69 Å². The van der Waals surface area contributed by atoms with Crippen LogP contribution in [0.2, 0.25) is 0 Å². The first-order valence-corrected chi connectivity index (χ1v) is 6.00. The molecular formula is C13H13N5O3. The number of hydrazine groups is 1. The number of pyridine rings is 1. The molecule has 0 unspecified atom stereocenters. The van der Waals surface area contributed by atoms with E-state index in [1.807, 2.05) is 6.92 Å². The lowest BCUT2D eigenvalue weighted by molar-refractivity contribution is -0.384. The van der Waals surface area contributed by atoms with Crippen molar-refractivity contribution in [2.75, 3.05) is 10.7 Å². The average molecular weight is 287 g/mol. The summed E-state index contributed by atoms with van der Waals surface area (Å²) in [6, 6.07) is 5.87. The van der Waals surface area contributed by atoms with E-state index < -0.39 is 10.8 Å². The van der Waals surface area contributed by atoms with Gasteiger partial charge in [-0.1, -0.05) is 6.07 Å². The molecule has 0 bridgehead atoms. The summed E-state index contributed by atoms with van der Waals surface area (Å²) in [6.07, 6.45) is 3.10.